The Hall–Kier alpha value is -1.74. The van der Waals surface area contributed by atoms with Crippen molar-refractivity contribution < 1.29 is 13.2 Å². The van der Waals surface area contributed by atoms with Crippen LogP contribution in [0.25, 0.3) is 0 Å². The third-order valence-electron chi connectivity index (χ3n) is 4.18. The van der Waals surface area contributed by atoms with Crippen LogP contribution < -0.4 is 0 Å². The molecular formula is C15H17BrN4O3S. The molecule has 2 aromatic heterocycles. The number of hydrogen-bond donors (Lipinski definition) is 1. The summed E-state index contributed by atoms with van der Waals surface area (Å²) in [7, 11) is -3.32. The van der Waals surface area contributed by atoms with Crippen molar-refractivity contribution in [2.75, 3.05) is 19.3 Å². The number of H-pyrrole nitrogens is 1. The minimum absolute atomic E-state index is 0.0326. The molecule has 1 fully saturated rings. The van der Waals surface area contributed by atoms with Crippen LogP contribution in [-0.4, -0.2) is 53.8 Å². The molecule has 1 aliphatic heterocycles. The van der Waals surface area contributed by atoms with Crippen LogP contribution in [0.2, 0.25) is 0 Å². The fourth-order valence-electron chi connectivity index (χ4n) is 2.96. The molecule has 0 atom stereocenters. The second-order valence-electron chi connectivity index (χ2n) is 5.82. The van der Waals surface area contributed by atoms with E-state index in [2.05, 4.69) is 31.1 Å². The van der Waals surface area contributed by atoms with E-state index in [4.69, 9.17) is 0 Å². The van der Waals surface area contributed by atoms with Crippen molar-refractivity contribution in [1.29, 1.82) is 0 Å². The molecule has 1 saturated heterocycles. The van der Waals surface area contributed by atoms with Crippen molar-refractivity contribution >= 4 is 31.7 Å². The van der Waals surface area contributed by atoms with Crippen molar-refractivity contribution in [2.24, 2.45) is 0 Å². The van der Waals surface area contributed by atoms with Gasteiger partial charge in [0.25, 0.3) is 5.91 Å². The van der Waals surface area contributed by atoms with Crippen molar-refractivity contribution in [3.63, 3.8) is 0 Å². The fraction of sp³-hybridized carbons (Fsp3) is 0.400. The van der Waals surface area contributed by atoms with Crippen molar-refractivity contribution in [1.82, 2.24) is 20.1 Å². The van der Waals surface area contributed by atoms with Gasteiger partial charge in [-0.15, -0.1) is 0 Å². The zero-order valence-corrected chi connectivity index (χ0v) is 15.5. The Morgan fingerprint density at radius 2 is 2.08 bits per heavy atom. The maximum absolute atomic E-state index is 12.5. The Bertz CT molecular complexity index is 857. The molecule has 7 nitrogen and oxygen atoms in total. The molecule has 1 N–H and O–H groups in total. The lowest BCUT2D eigenvalue weighted by atomic mass is 9.93. The normalized spacial score (nSPS) is 16.3. The minimum atomic E-state index is -3.32. The number of likely N-dealkylation sites (tertiary alicyclic amines) is 1. The van der Waals surface area contributed by atoms with Crippen LogP contribution >= 0.6 is 15.9 Å². The first-order valence-corrected chi connectivity index (χ1v) is 10.2. The van der Waals surface area contributed by atoms with E-state index in [1.165, 1.54) is 6.26 Å². The predicted molar refractivity (Wildman–Crippen MR) is 91.5 cm³/mol. The molecule has 128 valence electrons. The van der Waals surface area contributed by atoms with Crippen LogP contribution in [0.1, 0.15) is 34.9 Å². The summed E-state index contributed by atoms with van der Waals surface area (Å²) in [4.78, 5) is 18.8. The molecule has 0 radical (unpaired) electrons. The maximum Gasteiger partial charge on any atom is 0.273 e. The van der Waals surface area contributed by atoms with E-state index in [1.54, 1.807) is 29.4 Å². The Kier molecular flexibility index (Phi) is 4.73. The van der Waals surface area contributed by atoms with Crippen LogP contribution in [0.3, 0.4) is 0 Å². The summed E-state index contributed by atoms with van der Waals surface area (Å²) < 4.78 is 24.5. The highest BCUT2D eigenvalue weighted by molar-refractivity contribution is 9.10. The van der Waals surface area contributed by atoms with Crippen LogP contribution in [0.5, 0.6) is 0 Å². The number of nitrogens with zero attached hydrogens (tertiary/aromatic N) is 3. The van der Waals surface area contributed by atoms with Crippen LogP contribution in [-0.2, 0) is 9.84 Å². The SMILES string of the molecule is CS(=O)(=O)c1cccnc1C1CCN(C(=O)c2[nH]ncc2Br)CC1. The predicted octanol–water partition coefficient (Wildman–Crippen LogP) is 1.99. The highest BCUT2D eigenvalue weighted by Crippen LogP contribution is 2.31. The van der Waals surface area contributed by atoms with E-state index in [9.17, 15) is 13.2 Å². The Morgan fingerprint density at radius 1 is 1.38 bits per heavy atom. The summed E-state index contributed by atoms with van der Waals surface area (Å²) in [5.74, 6) is -0.0765. The van der Waals surface area contributed by atoms with Gasteiger partial charge in [0.2, 0.25) is 0 Å². The van der Waals surface area contributed by atoms with E-state index < -0.39 is 9.84 Å². The summed E-state index contributed by atoms with van der Waals surface area (Å²) in [5, 5.41) is 6.54. The molecule has 3 heterocycles. The number of piperidine rings is 1. The molecule has 0 spiro atoms. The molecule has 0 bridgehead atoms. The zero-order chi connectivity index (χ0) is 17.3. The summed E-state index contributed by atoms with van der Waals surface area (Å²) in [5.41, 5.74) is 1.04. The number of sulfone groups is 1. The molecule has 24 heavy (non-hydrogen) atoms. The third kappa shape index (κ3) is 3.36. The quantitative estimate of drug-likeness (QED) is 0.831. The van der Waals surface area contributed by atoms with E-state index in [-0.39, 0.29) is 16.7 Å². The van der Waals surface area contributed by atoms with Gasteiger partial charge in [0, 0.05) is 31.5 Å². The summed E-state index contributed by atoms with van der Waals surface area (Å²) in [6, 6.07) is 3.23. The number of nitrogens with one attached hydrogen (secondary N) is 1. The molecule has 9 heteroatoms. The standard InChI is InChI=1S/C15H17BrN4O3S/c1-24(22,23)12-3-2-6-17-13(12)10-4-7-20(8-5-10)15(21)14-11(16)9-18-19-14/h2-3,6,9-10H,4-5,7-8H2,1H3,(H,18,19). The van der Waals surface area contributed by atoms with Gasteiger partial charge in [-0.05, 0) is 40.9 Å². The number of amides is 1. The highest BCUT2D eigenvalue weighted by atomic mass is 79.9. The number of carbonyl (C=O) groups excluding carboxylic acids is 1. The largest absolute Gasteiger partial charge is 0.337 e. The van der Waals surface area contributed by atoms with Crippen molar-refractivity contribution in [3.8, 4) is 0 Å². The molecule has 2 aromatic rings. The van der Waals surface area contributed by atoms with Crippen LogP contribution in [0, 0.1) is 0 Å². The molecule has 0 aliphatic carbocycles. The minimum Gasteiger partial charge on any atom is -0.337 e. The molecular weight excluding hydrogens is 396 g/mol. The van der Waals surface area contributed by atoms with Crippen LogP contribution in [0.15, 0.2) is 33.9 Å². The lowest BCUT2D eigenvalue weighted by Crippen LogP contribution is -2.38. The van der Waals surface area contributed by atoms with Gasteiger partial charge < -0.3 is 4.90 Å². The Balaban J connectivity index is 1.75. The molecule has 0 saturated carbocycles. The first-order chi connectivity index (χ1) is 11.4. The van der Waals surface area contributed by atoms with Gasteiger partial charge in [0.15, 0.2) is 9.84 Å². The number of carbonyl (C=O) groups is 1. The molecule has 3 rings (SSSR count). The van der Waals surface area contributed by atoms with Gasteiger partial charge in [0.1, 0.15) is 5.69 Å². The van der Waals surface area contributed by atoms with Gasteiger partial charge in [-0.25, -0.2) is 8.42 Å². The average Bonchev–Trinajstić information content (AvgIpc) is 2.99. The Morgan fingerprint density at radius 3 is 2.67 bits per heavy atom. The van der Waals surface area contributed by atoms with Gasteiger partial charge in [0.05, 0.1) is 21.3 Å². The maximum atomic E-state index is 12.5. The number of hydrogen-bond acceptors (Lipinski definition) is 5. The number of halogens is 1. The molecule has 0 aromatic carbocycles. The molecule has 1 aliphatic rings. The number of pyridine rings is 1. The fourth-order valence-corrected chi connectivity index (χ4v) is 4.24. The lowest BCUT2D eigenvalue weighted by Gasteiger charge is -2.32. The number of rotatable bonds is 3. The van der Waals surface area contributed by atoms with Gasteiger partial charge in [-0.1, -0.05) is 0 Å². The molecule has 1 amide bonds. The molecule has 0 unspecified atom stereocenters. The third-order valence-corrected chi connectivity index (χ3v) is 5.92. The van der Waals surface area contributed by atoms with E-state index in [0.29, 0.717) is 41.8 Å². The first-order valence-electron chi connectivity index (χ1n) is 7.51. The van der Waals surface area contributed by atoms with Gasteiger partial charge in [-0.3, -0.25) is 14.9 Å². The Labute approximate surface area is 148 Å². The van der Waals surface area contributed by atoms with Crippen molar-refractivity contribution in [2.45, 2.75) is 23.7 Å². The van der Waals surface area contributed by atoms with E-state index in [0.717, 1.165) is 0 Å². The van der Waals surface area contributed by atoms with Gasteiger partial charge >= 0.3 is 0 Å². The summed E-state index contributed by atoms with van der Waals surface area (Å²) in [6.07, 6.45) is 5.71. The average molecular weight is 413 g/mol. The number of aromatic amines is 1. The zero-order valence-electron chi connectivity index (χ0n) is 13.1. The summed E-state index contributed by atoms with van der Waals surface area (Å²) >= 11 is 3.30. The van der Waals surface area contributed by atoms with E-state index in [1.807, 2.05) is 0 Å². The van der Waals surface area contributed by atoms with E-state index >= 15 is 0 Å². The highest BCUT2D eigenvalue weighted by Gasteiger charge is 2.29. The summed E-state index contributed by atoms with van der Waals surface area (Å²) in [6.45, 7) is 1.10. The second-order valence-corrected chi connectivity index (χ2v) is 8.66. The topological polar surface area (TPSA) is 96.0 Å². The van der Waals surface area contributed by atoms with Crippen molar-refractivity contribution in [3.05, 3.63) is 40.4 Å². The first kappa shape index (κ1) is 17.1. The smallest absolute Gasteiger partial charge is 0.273 e. The second kappa shape index (κ2) is 6.64. The number of aromatic nitrogens is 3. The lowest BCUT2D eigenvalue weighted by molar-refractivity contribution is 0.0704. The monoisotopic (exact) mass is 412 g/mol. The van der Waals surface area contributed by atoms with Gasteiger partial charge in [-0.2, -0.15) is 5.10 Å². The van der Waals surface area contributed by atoms with Crippen LogP contribution in [0.4, 0.5) is 0 Å².